The first-order valence-corrected chi connectivity index (χ1v) is 9.22. The highest BCUT2D eigenvalue weighted by molar-refractivity contribution is 5.12. The van der Waals surface area contributed by atoms with Crippen LogP contribution in [-0.4, -0.2) is 12.1 Å². The third-order valence-electron chi connectivity index (χ3n) is 7.22. The van der Waals surface area contributed by atoms with Crippen LogP contribution in [0.15, 0.2) is 0 Å². The lowest BCUT2D eigenvalue weighted by atomic mass is 9.68. The Balaban J connectivity index is 1.59. The highest BCUT2D eigenvalue weighted by Gasteiger charge is 2.59. The largest absolute Gasteiger partial charge is 0.310 e. The summed E-state index contributed by atoms with van der Waals surface area (Å²) in [6.07, 6.45) is 13.0. The summed E-state index contributed by atoms with van der Waals surface area (Å²) in [7, 11) is 0. The molecule has 20 heavy (non-hydrogen) atoms. The minimum atomic E-state index is 0.521. The van der Waals surface area contributed by atoms with Crippen molar-refractivity contribution in [3.05, 3.63) is 0 Å². The van der Waals surface area contributed by atoms with Crippen molar-refractivity contribution in [2.24, 2.45) is 22.7 Å². The molecule has 0 aromatic rings. The molecule has 116 valence electrons. The Labute approximate surface area is 126 Å². The van der Waals surface area contributed by atoms with Crippen LogP contribution in [0.25, 0.3) is 0 Å². The van der Waals surface area contributed by atoms with E-state index in [1.165, 1.54) is 57.8 Å². The zero-order valence-electron chi connectivity index (χ0n) is 14.2. The van der Waals surface area contributed by atoms with E-state index in [1.54, 1.807) is 0 Å². The molecule has 0 aromatic heterocycles. The van der Waals surface area contributed by atoms with Gasteiger partial charge >= 0.3 is 0 Å². The van der Waals surface area contributed by atoms with Crippen LogP contribution in [0.4, 0.5) is 0 Å². The molecule has 1 nitrogen and oxygen atoms in total. The van der Waals surface area contributed by atoms with Crippen LogP contribution in [0.3, 0.4) is 0 Å². The summed E-state index contributed by atoms with van der Waals surface area (Å²) in [6.45, 7) is 9.95. The molecule has 0 aliphatic heterocycles. The third kappa shape index (κ3) is 2.45. The summed E-state index contributed by atoms with van der Waals surface area (Å²) in [5.41, 5.74) is 1.11. The van der Waals surface area contributed by atoms with Crippen molar-refractivity contribution in [3.8, 4) is 0 Å². The van der Waals surface area contributed by atoms with Gasteiger partial charge in [0, 0.05) is 12.1 Å². The minimum absolute atomic E-state index is 0.521. The number of hydrogen-bond acceptors (Lipinski definition) is 1. The predicted molar refractivity (Wildman–Crippen MR) is 86.8 cm³/mol. The van der Waals surface area contributed by atoms with E-state index in [4.69, 9.17) is 0 Å². The van der Waals surface area contributed by atoms with E-state index in [0.717, 1.165) is 23.9 Å². The van der Waals surface area contributed by atoms with Gasteiger partial charge in [-0.15, -0.1) is 0 Å². The van der Waals surface area contributed by atoms with Crippen LogP contribution in [-0.2, 0) is 0 Å². The topological polar surface area (TPSA) is 12.0 Å². The quantitative estimate of drug-likeness (QED) is 0.749. The van der Waals surface area contributed by atoms with Gasteiger partial charge in [0.15, 0.2) is 0 Å². The molecule has 0 radical (unpaired) electrons. The maximum atomic E-state index is 4.14. The Kier molecular flexibility index (Phi) is 3.95. The van der Waals surface area contributed by atoms with Crippen molar-refractivity contribution in [3.63, 3.8) is 0 Å². The lowest BCUT2D eigenvalue weighted by Crippen LogP contribution is -2.54. The molecule has 0 spiro atoms. The van der Waals surface area contributed by atoms with Gasteiger partial charge in [0.1, 0.15) is 0 Å². The van der Waals surface area contributed by atoms with Gasteiger partial charge in [-0.3, -0.25) is 0 Å². The zero-order chi connectivity index (χ0) is 14.4. The Morgan fingerprint density at radius 2 is 1.70 bits per heavy atom. The number of fused-ring (bicyclic) bond motifs is 2. The maximum absolute atomic E-state index is 4.14. The third-order valence-corrected chi connectivity index (χ3v) is 7.22. The molecule has 0 heterocycles. The first kappa shape index (κ1) is 14.9. The molecule has 0 amide bonds. The van der Waals surface area contributed by atoms with Crippen LogP contribution in [0.2, 0.25) is 0 Å². The molecule has 3 aliphatic carbocycles. The van der Waals surface area contributed by atoms with Gasteiger partial charge in [0.05, 0.1) is 0 Å². The van der Waals surface area contributed by atoms with Crippen molar-refractivity contribution in [2.45, 2.75) is 97.6 Å². The lowest BCUT2D eigenvalue weighted by Gasteiger charge is -2.46. The van der Waals surface area contributed by atoms with Crippen molar-refractivity contribution in [2.75, 3.05) is 0 Å². The molecular formula is C19H35N. The molecule has 0 aromatic carbocycles. The summed E-state index contributed by atoms with van der Waals surface area (Å²) in [4.78, 5) is 0. The van der Waals surface area contributed by atoms with Crippen LogP contribution in [0, 0.1) is 22.7 Å². The van der Waals surface area contributed by atoms with Crippen molar-refractivity contribution in [1.82, 2.24) is 5.32 Å². The first-order valence-electron chi connectivity index (χ1n) is 9.22. The molecule has 3 aliphatic rings. The molecule has 1 N–H and O–H groups in total. The van der Waals surface area contributed by atoms with Gasteiger partial charge < -0.3 is 5.32 Å². The van der Waals surface area contributed by atoms with E-state index >= 15 is 0 Å². The monoisotopic (exact) mass is 277 g/mol. The van der Waals surface area contributed by atoms with Gasteiger partial charge in [-0.25, -0.2) is 0 Å². The highest BCUT2D eigenvalue weighted by Crippen LogP contribution is 2.62. The van der Waals surface area contributed by atoms with Crippen LogP contribution in [0.5, 0.6) is 0 Å². The van der Waals surface area contributed by atoms with Gasteiger partial charge in [-0.2, -0.15) is 0 Å². The number of nitrogens with one attached hydrogen (secondary N) is 1. The van der Waals surface area contributed by atoms with E-state index in [0.29, 0.717) is 10.8 Å². The summed E-state index contributed by atoms with van der Waals surface area (Å²) in [5.74, 6) is 2.00. The fraction of sp³-hybridized carbons (Fsp3) is 1.00. The van der Waals surface area contributed by atoms with Crippen molar-refractivity contribution >= 4 is 0 Å². The molecule has 1 unspecified atom stereocenters. The fourth-order valence-corrected chi connectivity index (χ4v) is 5.98. The second-order valence-electron chi connectivity index (χ2n) is 9.02. The van der Waals surface area contributed by atoms with Crippen LogP contribution < -0.4 is 5.32 Å². The first-order chi connectivity index (χ1) is 9.45. The summed E-state index contributed by atoms with van der Waals surface area (Å²) >= 11 is 0. The second-order valence-corrected chi connectivity index (χ2v) is 9.02. The summed E-state index contributed by atoms with van der Waals surface area (Å²) in [5, 5.41) is 4.14. The van der Waals surface area contributed by atoms with Gasteiger partial charge in [0.25, 0.3) is 0 Å². The van der Waals surface area contributed by atoms with Crippen molar-refractivity contribution < 1.29 is 0 Å². The van der Waals surface area contributed by atoms with Gasteiger partial charge in [-0.05, 0) is 67.6 Å². The van der Waals surface area contributed by atoms with E-state index in [2.05, 4.69) is 33.0 Å². The Morgan fingerprint density at radius 3 is 2.25 bits per heavy atom. The molecule has 3 rings (SSSR count). The molecule has 1 heteroatoms. The van der Waals surface area contributed by atoms with E-state index in [1.807, 2.05) is 0 Å². The zero-order valence-corrected chi connectivity index (χ0v) is 14.2. The Bertz CT molecular complexity index is 335. The average molecular weight is 277 g/mol. The molecule has 0 saturated heterocycles. The summed E-state index contributed by atoms with van der Waals surface area (Å²) in [6, 6.07) is 1.57. The lowest BCUT2D eigenvalue weighted by molar-refractivity contribution is 0.0887. The average Bonchev–Trinajstić information content (AvgIpc) is 2.88. The second kappa shape index (κ2) is 5.30. The fourth-order valence-electron chi connectivity index (χ4n) is 5.98. The Morgan fingerprint density at radius 1 is 1.00 bits per heavy atom. The maximum Gasteiger partial charge on any atom is 0.0177 e. The van der Waals surface area contributed by atoms with Gasteiger partial charge in [0.2, 0.25) is 0 Å². The number of hydrogen-bond donors (Lipinski definition) is 1. The smallest absolute Gasteiger partial charge is 0.0177 e. The van der Waals surface area contributed by atoms with E-state index in [9.17, 15) is 0 Å². The van der Waals surface area contributed by atoms with Crippen molar-refractivity contribution in [1.29, 1.82) is 0 Å². The molecule has 2 bridgehead atoms. The minimum Gasteiger partial charge on any atom is -0.310 e. The highest BCUT2D eigenvalue weighted by atomic mass is 15.0. The Hall–Kier alpha value is -0.0400. The molecule has 3 saturated carbocycles. The van der Waals surface area contributed by atoms with Crippen LogP contribution >= 0.6 is 0 Å². The SMILES string of the molecule is CCCC1CCC(NC2C(C)(C)[C@H]3CC[C@]2(C)C3)CC1. The standard InChI is InChI=1S/C19H35N/c1-5-6-14-7-9-16(10-8-14)20-17-18(2,3)15-11-12-19(17,4)13-15/h14-17,20H,5-13H2,1-4H3/t14?,15-,16?,17?,19+/m0/s1. The molecular weight excluding hydrogens is 242 g/mol. The van der Waals surface area contributed by atoms with E-state index < -0.39 is 0 Å². The normalized spacial score (nSPS) is 46.8. The number of rotatable bonds is 4. The predicted octanol–water partition coefficient (Wildman–Crippen LogP) is 5.15. The molecule has 3 atom stereocenters. The summed E-state index contributed by atoms with van der Waals surface area (Å²) < 4.78 is 0. The van der Waals surface area contributed by atoms with Gasteiger partial charge in [-0.1, -0.05) is 40.5 Å². The molecule has 3 fully saturated rings. The van der Waals surface area contributed by atoms with E-state index in [-0.39, 0.29) is 0 Å². The van der Waals surface area contributed by atoms with Crippen LogP contribution in [0.1, 0.15) is 85.5 Å².